The van der Waals surface area contributed by atoms with Gasteiger partial charge in [0.15, 0.2) is 0 Å². The number of anilines is 1. The van der Waals surface area contributed by atoms with Crippen LogP contribution in [-0.2, 0) is 5.67 Å². The second kappa shape index (κ2) is 7.86. The summed E-state index contributed by atoms with van der Waals surface area (Å²) in [4.78, 5) is 23.1. The summed E-state index contributed by atoms with van der Waals surface area (Å²) in [5.41, 5.74) is -8.36. The van der Waals surface area contributed by atoms with Gasteiger partial charge in [-0.2, -0.15) is 26.3 Å². The number of nitrogens with one attached hydrogen (secondary N) is 1. The number of carbonyl (C=O) groups excluding carboxylic acids is 1. The first-order valence-electron chi connectivity index (χ1n) is 8.02. The number of hydrogen-bond acceptors (Lipinski definition) is 3. The molecule has 0 unspecified atom stereocenters. The van der Waals surface area contributed by atoms with Gasteiger partial charge in [-0.25, -0.2) is 4.39 Å². The Morgan fingerprint density at radius 3 is 1.90 bits per heavy atom. The molecule has 4 nitrogen and oxygen atoms in total. The van der Waals surface area contributed by atoms with Crippen molar-refractivity contribution >= 4 is 28.9 Å². The van der Waals surface area contributed by atoms with E-state index in [0.29, 0.717) is 12.1 Å². The molecule has 0 bridgehead atoms. The van der Waals surface area contributed by atoms with Gasteiger partial charge in [-0.15, -0.1) is 4.91 Å². The van der Waals surface area contributed by atoms with Crippen LogP contribution < -0.4 is 5.32 Å². The van der Waals surface area contributed by atoms with E-state index in [-0.39, 0.29) is 33.1 Å². The molecule has 0 saturated heterocycles. The lowest BCUT2D eigenvalue weighted by atomic mass is 9.90. The highest BCUT2D eigenvalue weighted by atomic mass is 35.5. The summed E-state index contributed by atoms with van der Waals surface area (Å²) in [5.74, 6) is -0.900. The minimum atomic E-state index is -6.26. The molecule has 2 aromatic carbocycles. The number of rotatable bonds is 4. The Bertz CT molecular complexity index is 966. The van der Waals surface area contributed by atoms with E-state index in [0.717, 1.165) is 13.8 Å². The highest BCUT2D eigenvalue weighted by Gasteiger charge is 2.73. The van der Waals surface area contributed by atoms with Gasteiger partial charge in [-0.3, -0.25) is 4.79 Å². The van der Waals surface area contributed by atoms with E-state index in [2.05, 4.69) is 10.5 Å². The molecule has 0 spiro atoms. The van der Waals surface area contributed by atoms with Crippen LogP contribution in [-0.4, -0.2) is 18.3 Å². The van der Waals surface area contributed by atoms with Gasteiger partial charge in [0.2, 0.25) is 0 Å². The number of aryl methyl sites for hydroxylation is 2. The van der Waals surface area contributed by atoms with E-state index in [1.165, 1.54) is 18.2 Å². The first kappa shape index (κ1) is 23.6. The number of hydrogen-bond donors (Lipinski definition) is 1. The Kier molecular flexibility index (Phi) is 6.18. The largest absolute Gasteiger partial charge is 0.435 e. The third kappa shape index (κ3) is 3.98. The monoisotopic (exact) mass is 456 g/mol. The quantitative estimate of drug-likeness (QED) is 0.402. The van der Waals surface area contributed by atoms with E-state index < -0.39 is 29.5 Å². The molecule has 30 heavy (non-hydrogen) atoms. The minimum Gasteiger partial charge on any atom is -0.321 e. The first-order valence-corrected chi connectivity index (χ1v) is 8.40. The van der Waals surface area contributed by atoms with Crippen molar-refractivity contribution in [3.8, 4) is 0 Å². The molecule has 162 valence electrons. The van der Waals surface area contributed by atoms with Crippen molar-refractivity contribution in [2.24, 2.45) is 5.18 Å². The molecule has 2 aromatic rings. The Balaban J connectivity index is 2.52. The fourth-order valence-corrected chi connectivity index (χ4v) is 3.04. The number of carbonyl (C=O) groups is 1. The summed E-state index contributed by atoms with van der Waals surface area (Å²) in [6.07, 6.45) is -12.5. The molecule has 2 rings (SSSR count). The Morgan fingerprint density at radius 2 is 1.47 bits per heavy atom. The van der Waals surface area contributed by atoms with Crippen LogP contribution in [0, 0.1) is 18.8 Å². The standard InChI is InChI=1S/C18H12ClF7N2O2/c1-8-6-10(16(20,17(21,22)23)18(24,25)26)7-9(2)14(8)27-15(29)11-4-3-5-12(28-30)13(11)19/h3-7H,1-2H3,(H,27,29). The van der Waals surface area contributed by atoms with Gasteiger partial charge in [-0.1, -0.05) is 29.8 Å². The average molecular weight is 457 g/mol. The number of halogens is 8. The number of benzene rings is 2. The molecule has 0 aliphatic carbocycles. The number of amides is 1. The van der Waals surface area contributed by atoms with Gasteiger partial charge in [0.1, 0.15) is 5.69 Å². The number of alkyl halides is 7. The number of nitrogens with zero attached hydrogens (tertiary/aromatic N) is 1. The second-order valence-electron chi connectivity index (χ2n) is 6.32. The zero-order valence-electron chi connectivity index (χ0n) is 15.2. The highest BCUT2D eigenvalue weighted by Crippen LogP contribution is 2.53. The van der Waals surface area contributed by atoms with Crippen LogP contribution in [0.5, 0.6) is 0 Å². The fourth-order valence-electron chi connectivity index (χ4n) is 2.79. The number of nitroso groups, excluding NO2 is 1. The zero-order chi connectivity index (χ0) is 23.1. The minimum absolute atomic E-state index is 0.143. The average Bonchev–Trinajstić information content (AvgIpc) is 2.61. The Morgan fingerprint density at radius 1 is 0.967 bits per heavy atom. The summed E-state index contributed by atoms with van der Waals surface area (Å²) in [6, 6.07) is 4.46. The maximum Gasteiger partial charge on any atom is 0.435 e. The molecule has 0 aromatic heterocycles. The normalized spacial score (nSPS) is 12.6. The summed E-state index contributed by atoms with van der Waals surface area (Å²) >= 11 is 5.88. The van der Waals surface area contributed by atoms with Crippen molar-refractivity contribution in [3.05, 3.63) is 62.5 Å². The van der Waals surface area contributed by atoms with E-state index in [4.69, 9.17) is 11.6 Å². The Hall–Kier alpha value is -2.69. The van der Waals surface area contributed by atoms with E-state index >= 15 is 0 Å². The fraction of sp³-hybridized carbons (Fsp3) is 0.278. The lowest BCUT2D eigenvalue weighted by molar-refractivity contribution is -0.348. The molecule has 0 radical (unpaired) electrons. The summed E-state index contributed by atoms with van der Waals surface area (Å²) < 4.78 is 92.2. The van der Waals surface area contributed by atoms with Gasteiger partial charge in [-0.05, 0) is 42.3 Å². The smallest absolute Gasteiger partial charge is 0.321 e. The van der Waals surface area contributed by atoms with Crippen LogP contribution in [0.25, 0.3) is 0 Å². The SMILES string of the molecule is Cc1cc(C(F)(C(F)(F)F)C(F)(F)F)cc(C)c1NC(=O)c1cccc(N=O)c1Cl. The predicted molar refractivity (Wildman–Crippen MR) is 95.7 cm³/mol. The summed E-state index contributed by atoms with van der Waals surface area (Å²) in [7, 11) is 0. The van der Waals surface area contributed by atoms with E-state index in [1.807, 2.05) is 0 Å². The van der Waals surface area contributed by atoms with Crippen LogP contribution in [0.4, 0.5) is 42.1 Å². The van der Waals surface area contributed by atoms with Crippen molar-refractivity contribution in [2.75, 3.05) is 5.32 Å². The third-order valence-electron chi connectivity index (χ3n) is 4.27. The molecule has 1 N–H and O–H groups in total. The van der Waals surface area contributed by atoms with Gasteiger partial charge >= 0.3 is 18.0 Å². The second-order valence-corrected chi connectivity index (χ2v) is 6.70. The van der Waals surface area contributed by atoms with Gasteiger partial charge in [0, 0.05) is 11.3 Å². The van der Waals surface area contributed by atoms with Gasteiger partial charge in [0.25, 0.3) is 5.91 Å². The molecule has 0 aliphatic heterocycles. The van der Waals surface area contributed by atoms with Crippen LogP contribution in [0.1, 0.15) is 27.0 Å². The van der Waals surface area contributed by atoms with Crippen LogP contribution in [0.2, 0.25) is 5.02 Å². The molecule has 0 heterocycles. The highest BCUT2D eigenvalue weighted by molar-refractivity contribution is 6.36. The molecule has 0 saturated carbocycles. The van der Waals surface area contributed by atoms with Gasteiger partial charge < -0.3 is 5.32 Å². The van der Waals surface area contributed by atoms with E-state index in [9.17, 15) is 40.4 Å². The molecule has 0 atom stereocenters. The lowest BCUT2D eigenvalue weighted by Gasteiger charge is -2.31. The van der Waals surface area contributed by atoms with Crippen molar-refractivity contribution < 1.29 is 35.5 Å². The van der Waals surface area contributed by atoms with Crippen LogP contribution in [0.3, 0.4) is 0 Å². The van der Waals surface area contributed by atoms with Crippen molar-refractivity contribution in [1.29, 1.82) is 0 Å². The molecule has 1 amide bonds. The lowest BCUT2D eigenvalue weighted by Crippen LogP contribution is -2.50. The maximum atomic E-state index is 14.3. The molecule has 12 heteroatoms. The van der Waals surface area contributed by atoms with Gasteiger partial charge in [0.05, 0.1) is 10.6 Å². The van der Waals surface area contributed by atoms with Crippen molar-refractivity contribution in [3.63, 3.8) is 0 Å². The van der Waals surface area contributed by atoms with Crippen molar-refractivity contribution in [1.82, 2.24) is 0 Å². The summed E-state index contributed by atoms with van der Waals surface area (Å²) in [5, 5.41) is 4.62. The van der Waals surface area contributed by atoms with Crippen LogP contribution in [0.15, 0.2) is 35.5 Å². The molecular weight excluding hydrogens is 445 g/mol. The maximum absolute atomic E-state index is 14.3. The zero-order valence-corrected chi connectivity index (χ0v) is 15.9. The van der Waals surface area contributed by atoms with Crippen LogP contribution >= 0.6 is 11.6 Å². The topological polar surface area (TPSA) is 58.5 Å². The first-order chi connectivity index (χ1) is 13.6. The van der Waals surface area contributed by atoms with E-state index in [1.54, 1.807) is 0 Å². The third-order valence-corrected chi connectivity index (χ3v) is 4.67. The molecule has 0 fully saturated rings. The predicted octanol–water partition coefficient (Wildman–Crippen LogP) is 6.90. The Labute approximate surface area is 170 Å². The molecule has 0 aliphatic rings. The molecular formula is C18H12ClF7N2O2. The summed E-state index contributed by atoms with van der Waals surface area (Å²) in [6.45, 7) is 2.20. The van der Waals surface area contributed by atoms with Crippen molar-refractivity contribution in [2.45, 2.75) is 31.9 Å².